The van der Waals surface area contributed by atoms with Gasteiger partial charge in [-0.2, -0.15) is 0 Å². The number of amides is 3. The predicted molar refractivity (Wildman–Crippen MR) is 89.7 cm³/mol. The summed E-state index contributed by atoms with van der Waals surface area (Å²) in [5.74, 6) is -3.41. The van der Waals surface area contributed by atoms with Crippen molar-refractivity contribution in [2.45, 2.75) is 43.8 Å². The number of rotatable bonds is 12. The Morgan fingerprint density at radius 1 is 1.00 bits per heavy atom. The third-order valence-corrected chi connectivity index (χ3v) is 3.30. The van der Waals surface area contributed by atoms with Gasteiger partial charge in [0.05, 0.1) is 12.1 Å². The lowest BCUT2D eigenvalue weighted by Crippen LogP contribution is -2.55. The fraction of sp³-hybridized carbons (Fsp3) is 0.615. The Balaban J connectivity index is 4.72. The molecule has 0 aromatic heterocycles. The zero-order chi connectivity index (χ0) is 19.6. The smallest absolute Gasteiger partial charge is 0.242 e. The summed E-state index contributed by atoms with van der Waals surface area (Å²) in [7, 11) is 0. The molecule has 0 bridgehead atoms. The van der Waals surface area contributed by atoms with Crippen molar-refractivity contribution in [1.82, 2.24) is 10.6 Å². The summed E-state index contributed by atoms with van der Waals surface area (Å²) in [5.41, 5.74) is 26.2. The highest BCUT2D eigenvalue weighted by atomic mass is 16.2. The van der Waals surface area contributed by atoms with Crippen molar-refractivity contribution in [3.8, 4) is 0 Å². The van der Waals surface area contributed by atoms with Crippen molar-refractivity contribution in [3.63, 3.8) is 0 Å². The minimum Gasteiger partial charge on any atom is -0.370 e. The van der Waals surface area contributed by atoms with Gasteiger partial charge in [0.25, 0.3) is 0 Å². The van der Waals surface area contributed by atoms with Crippen LogP contribution >= 0.6 is 0 Å². The number of carbonyl (C=O) groups is 4. The molecule has 142 valence electrons. The molecule has 13 N–H and O–H groups in total. The lowest BCUT2D eigenvalue weighted by molar-refractivity contribution is -0.133. The Morgan fingerprint density at radius 3 is 2.08 bits per heavy atom. The van der Waals surface area contributed by atoms with Crippen LogP contribution in [-0.4, -0.2) is 54.1 Å². The zero-order valence-electron chi connectivity index (χ0n) is 13.8. The molecule has 25 heavy (non-hydrogen) atoms. The van der Waals surface area contributed by atoms with Gasteiger partial charge >= 0.3 is 0 Å². The van der Waals surface area contributed by atoms with E-state index in [0.29, 0.717) is 13.0 Å². The van der Waals surface area contributed by atoms with Gasteiger partial charge in [0, 0.05) is 13.0 Å². The van der Waals surface area contributed by atoms with Crippen molar-refractivity contribution in [1.29, 1.82) is 5.41 Å². The highest BCUT2D eigenvalue weighted by molar-refractivity contribution is 6.08. The number of Topliss-reactive ketones (excluding diaryl/α,β-unsaturated/α-hetero) is 1. The van der Waals surface area contributed by atoms with E-state index in [4.69, 9.17) is 34.1 Å². The molecule has 3 atom stereocenters. The molecule has 0 rings (SSSR count). The van der Waals surface area contributed by atoms with Crippen LogP contribution in [0.3, 0.4) is 0 Å². The molecule has 12 nitrogen and oxygen atoms in total. The summed E-state index contributed by atoms with van der Waals surface area (Å²) in [6.07, 6.45) is 0.388. The van der Waals surface area contributed by atoms with E-state index < -0.39 is 41.6 Å². The second-order valence-electron chi connectivity index (χ2n) is 5.44. The molecule has 0 heterocycles. The van der Waals surface area contributed by atoms with E-state index in [9.17, 15) is 19.2 Å². The fourth-order valence-electron chi connectivity index (χ4n) is 1.88. The first kappa shape index (κ1) is 22.3. The number of nitrogens with two attached hydrogens (primary N) is 5. The summed E-state index contributed by atoms with van der Waals surface area (Å²) in [5, 5.41) is 11.9. The Hall–Kier alpha value is -2.73. The third kappa shape index (κ3) is 9.22. The largest absolute Gasteiger partial charge is 0.370 e. The van der Waals surface area contributed by atoms with Crippen LogP contribution in [0.25, 0.3) is 0 Å². The van der Waals surface area contributed by atoms with Gasteiger partial charge in [-0.1, -0.05) is 0 Å². The number of hydrogen-bond donors (Lipinski definition) is 8. The van der Waals surface area contributed by atoms with E-state index in [1.807, 2.05) is 0 Å². The molecule has 0 aliphatic rings. The molecule has 0 radical (unpaired) electrons. The Kier molecular flexibility index (Phi) is 9.74. The van der Waals surface area contributed by atoms with Crippen molar-refractivity contribution in [3.05, 3.63) is 0 Å². The molecule has 0 saturated heterocycles. The van der Waals surface area contributed by atoms with Crippen LogP contribution in [0, 0.1) is 5.41 Å². The minimum absolute atomic E-state index is 0.125. The summed E-state index contributed by atoms with van der Waals surface area (Å²) >= 11 is 0. The lowest BCUT2D eigenvalue weighted by Gasteiger charge is -2.21. The van der Waals surface area contributed by atoms with E-state index >= 15 is 0 Å². The van der Waals surface area contributed by atoms with E-state index in [-0.39, 0.29) is 25.2 Å². The number of primary amides is 2. The van der Waals surface area contributed by atoms with Gasteiger partial charge in [0.1, 0.15) is 6.04 Å². The van der Waals surface area contributed by atoms with Gasteiger partial charge in [-0.05, 0) is 19.3 Å². The van der Waals surface area contributed by atoms with Gasteiger partial charge in [0.15, 0.2) is 11.7 Å². The molecule has 12 heteroatoms. The monoisotopic (exact) mass is 358 g/mol. The molecule has 0 aromatic rings. The zero-order valence-corrected chi connectivity index (χ0v) is 13.8. The third-order valence-electron chi connectivity index (χ3n) is 3.30. The van der Waals surface area contributed by atoms with E-state index in [1.54, 1.807) is 0 Å². The molecule has 3 amide bonds. The molecule has 0 saturated carbocycles. The number of hydrogen-bond acceptors (Lipinski definition) is 7. The van der Waals surface area contributed by atoms with Crippen molar-refractivity contribution < 1.29 is 19.2 Å². The van der Waals surface area contributed by atoms with Crippen LogP contribution in [0.2, 0.25) is 0 Å². The highest BCUT2D eigenvalue weighted by Crippen LogP contribution is 2.03. The number of carbonyl (C=O) groups excluding carboxylic acids is 4. The topological polar surface area (TPSA) is 246 Å². The van der Waals surface area contributed by atoms with E-state index in [0.717, 1.165) is 0 Å². The molecule has 0 spiro atoms. The van der Waals surface area contributed by atoms with Gasteiger partial charge < -0.3 is 39.3 Å². The SMILES string of the molecule is N=C(N)NCCCC(N)C(=O)NC(CCC(N)=O)C(=O)C(N)C(N)=O. The molecular formula is C13H26N8O4. The first-order valence-corrected chi connectivity index (χ1v) is 7.57. The summed E-state index contributed by atoms with van der Waals surface area (Å²) in [4.78, 5) is 46.1. The first-order chi connectivity index (χ1) is 11.6. The van der Waals surface area contributed by atoms with Crippen molar-refractivity contribution in [2.24, 2.45) is 28.7 Å². The molecule has 0 fully saturated rings. The number of ketones is 1. The first-order valence-electron chi connectivity index (χ1n) is 7.57. The maximum absolute atomic E-state index is 12.1. The van der Waals surface area contributed by atoms with Crippen LogP contribution in [0.5, 0.6) is 0 Å². The summed E-state index contributed by atoms with van der Waals surface area (Å²) in [6.45, 7) is 0.354. The van der Waals surface area contributed by atoms with Gasteiger partial charge in [-0.15, -0.1) is 0 Å². The maximum atomic E-state index is 12.1. The Labute approximate surface area is 144 Å². The van der Waals surface area contributed by atoms with Gasteiger partial charge in [-0.25, -0.2) is 0 Å². The van der Waals surface area contributed by atoms with Crippen molar-refractivity contribution >= 4 is 29.5 Å². The predicted octanol–water partition coefficient (Wildman–Crippen LogP) is -4.29. The van der Waals surface area contributed by atoms with Crippen LogP contribution in [0.15, 0.2) is 0 Å². The quantitative estimate of drug-likeness (QED) is 0.0731. The maximum Gasteiger partial charge on any atom is 0.242 e. The fourth-order valence-corrected chi connectivity index (χ4v) is 1.88. The molecule has 0 aliphatic heterocycles. The van der Waals surface area contributed by atoms with E-state index in [2.05, 4.69) is 10.6 Å². The van der Waals surface area contributed by atoms with Crippen LogP contribution < -0.4 is 39.3 Å². The Bertz CT molecular complexity index is 524. The average Bonchev–Trinajstić information content (AvgIpc) is 2.52. The molecule has 0 aromatic carbocycles. The van der Waals surface area contributed by atoms with Crippen LogP contribution in [0.1, 0.15) is 25.7 Å². The van der Waals surface area contributed by atoms with Gasteiger partial charge in [-0.3, -0.25) is 24.6 Å². The number of nitrogens with one attached hydrogen (secondary N) is 3. The lowest BCUT2D eigenvalue weighted by atomic mass is 9.99. The average molecular weight is 358 g/mol. The second-order valence-corrected chi connectivity index (χ2v) is 5.44. The van der Waals surface area contributed by atoms with E-state index in [1.165, 1.54) is 0 Å². The second kappa shape index (κ2) is 10.9. The molecular weight excluding hydrogens is 332 g/mol. The molecule has 0 aliphatic carbocycles. The summed E-state index contributed by atoms with van der Waals surface area (Å²) in [6, 6.07) is -3.76. The standard InChI is InChI=1S/C13H26N8O4/c14-6(2-1-5-20-13(18)19)12(25)21-7(3-4-8(15)22)10(23)9(16)11(17)24/h6-7,9H,1-5,14,16H2,(H2,15,22)(H2,17,24)(H,21,25)(H4,18,19,20). The molecule has 3 unspecified atom stereocenters. The summed E-state index contributed by atoms with van der Waals surface area (Å²) < 4.78 is 0. The Morgan fingerprint density at radius 2 is 1.60 bits per heavy atom. The van der Waals surface area contributed by atoms with Crippen LogP contribution in [0.4, 0.5) is 0 Å². The van der Waals surface area contributed by atoms with Crippen LogP contribution in [-0.2, 0) is 19.2 Å². The van der Waals surface area contributed by atoms with Crippen molar-refractivity contribution in [2.75, 3.05) is 6.54 Å². The highest BCUT2D eigenvalue weighted by Gasteiger charge is 2.30. The van der Waals surface area contributed by atoms with Gasteiger partial charge in [0.2, 0.25) is 17.7 Å². The minimum atomic E-state index is -1.62. The number of guanidine groups is 1. The normalized spacial score (nSPS) is 14.0.